The zero-order valence-electron chi connectivity index (χ0n) is 18.1. The van der Waals surface area contributed by atoms with E-state index in [-0.39, 0.29) is 19.1 Å². The van der Waals surface area contributed by atoms with E-state index in [9.17, 15) is 4.79 Å². The van der Waals surface area contributed by atoms with Crippen LogP contribution in [0, 0.1) is 0 Å². The van der Waals surface area contributed by atoms with Crippen molar-refractivity contribution in [3.63, 3.8) is 0 Å². The summed E-state index contributed by atoms with van der Waals surface area (Å²) in [5.41, 5.74) is 2.31. The van der Waals surface area contributed by atoms with Gasteiger partial charge in [-0.2, -0.15) is 0 Å². The molecule has 164 valence electrons. The molecule has 32 heavy (non-hydrogen) atoms. The summed E-state index contributed by atoms with van der Waals surface area (Å²) in [6, 6.07) is 22.6. The van der Waals surface area contributed by atoms with Crippen LogP contribution >= 0.6 is 0 Å². The summed E-state index contributed by atoms with van der Waals surface area (Å²) in [6.07, 6.45) is 0. The molecular formula is C25H25N3O4. The van der Waals surface area contributed by atoms with Crippen LogP contribution in [-0.2, 0) is 17.9 Å². The van der Waals surface area contributed by atoms with Crippen molar-refractivity contribution < 1.29 is 19.0 Å². The number of carbonyl (C=O) groups excluding carboxylic acids is 1. The summed E-state index contributed by atoms with van der Waals surface area (Å²) in [4.78, 5) is 17.6. The largest absolute Gasteiger partial charge is 0.493 e. The average molecular weight is 431 g/mol. The van der Waals surface area contributed by atoms with Gasteiger partial charge in [-0.1, -0.05) is 30.3 Å². The second-order valence-corrected chi connectivity index (χ2v) is 7.05. The molecule has 0 atom stereocenters. The number of nitrogens with one attached hydrogen (secondary N) is 1. The Morgan fingerprint density at radius 2 is 1.75 bits per heavy atom. The molecule has 1 aromatic heterocycles. The van der Waals surface area contributed by atoms with Gasteiger partial charge in [0.2, 0.25) is 5.91 Å². The summed E-state index contributed by atoms with van der Waals surface area (Å²) < 4.78 is 18.7. The van der Waals surface area contributed by atoms with Crippen LogP contribution in [0.3, 0.4) is 0 Å². The molecular weight excluding hydrogens is 406 g/mol. The zero-order chi connectivity index (χ0) is 22.3. The molecule has 7 nitrogen and oxygen atoms in total. The molecule has 1 amide bonds. The van der Waals surface area contributed by atoms with Crippen LogP contribution in [0.15, 0.2) is 72.8 Å². The molecule has 0 fully saturated rings. The predicted octanol–water partition coefficient (Wildman–Crippen LogP) is 4.66. The van der Waals surface area contributed by atoms with Crippen molar-refractivity contribution >= 4 is 22.6 Å². The number of amides is 1. The van der Waals surface area contributed by atoms with Crippen LogP contribution < -0.4 is 19.5 Å². The third-order valence-electron chi connectivity index (χ3n) is 4.89. The smallest absolute Gasteiger partial charge is 0.244 e. The molecule has 0 bridgehead atoms. The number of nitrogens with zero attached hydrogens (tertiary/aromatic N) is 2. The van der Waals surface area contributed by atoms with E-state index in [1.165, 1.54) is 0 Å². The van der Waals surface area contributed by atoms with Gasteiger partial charge in [-0.15, -0.1) is 0 Å². The van der Waals surface area contributed by atoms with E-state index < -0.39 is 0 Å². The van der Waals surface area contributed by atoms with Crippen LogP contribution in [0.4, 0.5) is 5.69 Å². The number of hydrogen-bond donors (Lipinski definition) is 1. The van der Waals surface area contributed by atoms with Crippen molar-refractivity contribution in [3.8, 4) is 17.2 Å². The highest BCUT2D eigenvalue weighted by Crippen LogP contribution is 2.30. The van der Waals surface area contributed by atoms with Crippen molar-refractivity contribution in [2.45, 2.75) is 20.1 Å². The molecule has 7 heteroatoms. The Morgan fingerprint density at radius 3 is 2.53 bits per heavy atom. The number of ether oxygens (including phenoxy) is 3. The highest BCUT2D eigenvalue weighted by atomic mass is 16.5. The van der Waals surface area contributed by atoms with Gasteiger partial charge in [0.05, 0.1) is 24.8 Å². The second-order valence-electron chi connectivity index (χ2n) is 7.05. The third-order valence-corrected chi connectivity index (χ3v) is 4.89. The van der Waals surface area contributed by atoms with Gasteiger partial charge in [0, 0.05) is 11.8 Å². The normalized spacial score (nSPS) is 10.7. The minimum Gasteiger partial charge on any atom is -0.493 e. The molecule has 1 heterocycles. The Bertz CT molecular complexity index is 1200. The Hall–Kier alpha value is -4.00. The number of methoxy groups -OCH3 is 1. The highest BCUT2D eigenvalue weighted by molar-refractivity contribution is 5.92. The number of para-hydroxylation sites is 3. The molecule has 4 rings (SSSR count). The molecule has 3 aromatic carbocycles. The second kappa shape index (κ2) is 9.87. The summed E-state index contributed by atoms with van der Waals surface area (Å²) in [5.74, 6) is 2.44. The van der Waals surface area contributed by atoms with Crippen molar-refractivity contribution in [1.29, 1.82) is 0 Å². The summed E-state index contributed by atoms with van der Waals surface area (Å²) in [5, 5.41) is 2.93. The van der Waals surface area contributed by atoms with Crippen molar-refractivity contribution in [2.24, 2.45) is 0 Å². The van der Waals surface area contributed by atoms with Gasteiger partial charge in [0.25, 0.3) is 0 Å². The molecule has 0 spiro atoms. The lowest BCUT2D eigenvalue weighted by molar-refractivity contribution is -0.116. The van der Waals surface area contributed by atoms with Gasteiger partial charge >= 0.3 is 0 Å². The first-order chi connectivity index (χ1) is 15.7. The number of anilines is 1. The Labute approximate surface area is 186 Å². The van der Waals surface area contributed by atoms with Crippen LogP contribution in [-0.4, -0.2) is 29.2 Å². The number of aromatic nitrogens is 2. The molecule has 0 saturated heterocycles. The van der Waals surface area contributed by atoms with Crippen LogP contribution in [0.5, 0.6) is 17.2 Å². The fraction of sp³-hybridized carbons (Fsp3) is 0.200. The lowest BCUT2D eigenvalue weighted by Crippen LogP contribution is -2.20. The Morgan fingerprint density at radius 1 is 0.969 bits per heavy atom. The third kappa shape index (κ3) is 4.83. The van der Waals surface area contributed by atoms with E-state index in [1.807, 2.05) is 66.1 Å². The van der Waals surface area contributed by atoms with Crippen molar-refractivity contribution in [3.05, 3.63) is 78.6 Å². The number of rotatable bonds is 9. The van der Waals surface area contributed by atoms with Gasteiger partial charge in [-0.05, 0) is 43.3 Å². The van der Waals surface area contributed by atoms with Gasteiger partial charge in [0.15, 0.2) is 11.5 Å². The summed E-state index contributed by atoms with van der Waals surface area (Å²) in [6.45, 7) is 2.79. The minimum absolute atomic E-state index is 0.101. The van der Waals surface area contributed by atoms with Gasteiger partial charge in [-0.25, -0.2) is 4.98 Å². The molecule has 0 aliphatic heterocycles. The molecule has 0 saturated carbocycles. The van der Waals surface area contributed by atoms with Crippen molar-refractivity contribution in [1.82, 2.24) is 9.55 Å². The maximum Gasteiger partial charge on any atom is 0.244 e. The quantitative estimate of drug-likeness (QED) is 0.417. The predicted molar refractivity (Wildman–Crippen MR) is 123 cm³/mol. The molecule has 0 unspecified atom stereocenters. The van der Waals surface area contributed by atoms with Gasteiger partial charge < -0.3 is 24.1 Å². The summed E-state index contributed by atoms with van der Waals surface area (Å²) >= 11 is 0. The van der Waals surface area contributed by atoms with E-state index in [2.05, 4.69) is 10.3 Å². The molecule has 0 aliphatic rings. The number of fused-ring (bicyclic) bond motifs is 1. The SMILES string of the molecule is CCOc1ccc(NC(=O)Cn2c(COc3ccccc3)nc3ccccc32)cc1OC. The van der Waals surface area contributed by atoms with E-state index >= 15 is 0 Å². The van der Waals surface area contributed by atoms with E-state index in [1.54, 1.807) is 25.3 Å². The maximum atomic E-state index is 12.9. The number of benzene rings is 3. The Balaban J connectivity index is 1.53. The Kier molecular flexibility index (Phi) is 6.55. The molecule has 0 radical (unpaired) electrons. The van der Waals surface area contributed by atoms with Crippen LogP contribution in [0.25, 0.3) is 11.0 Å². The zero-order valence-corrected chi connectivity index (χ0v) is 18.1. The lowest BCUT2D eigenvalue weighted by atomic mass is 10.2. The monoisotopic (exact) mass is 431 g/mol. The van der Waals surface area contributed by atoms with Gasteiger partial charge in [-0.3, -0.25) is 4.79 Å². The fourth-order valence-corrected chi connectivity index (χ4v) is 3.44. The minimum atomic E-state index is -0.180. The summed E-state index contributed by atoms with van der Waals surface area (Å²) in [7, 11) is 1.57. The van der Waals surface area contributed by atoms with Crippen LogP contribution in [0.2, 0.25) is 0 Å². The highest BCUT2D eigenvalue weighted by Gasteiger charge is 2.15. The maximum absolute atomic E-state index is 12.9. The van der Waals surface area contributed by atoms with Crippen molar-refractivity contribution in [2.75, 3.05) is 19.0 Å². The standard InChI is InChI=1S/C25H25N3O4/c1-3-31-22-14-13-18(15-23(22)30-2)26-25(29)16-28-21-12-8-7-11-20(21)27-24(28)17-32-19-9-5-4-6-10-19/h4-15H,3,16-17H2,1-2H3,(H,26,29). The number of carbonyl (C=O) groups is 1. The van der Waals surface area contributed by atoms with E-state index in [0.717, 1.165) is 16.8 Å². The van der Waals surface area contributed by atoms with E-state index in [0.29, 0.717) is 29.6 Å². The lowest BCUT2D eigenvalue weighted by Gasteiger charge is -2.13. The molecule has 0 aliphatic carbocycles. The first-order valence-electron chi connectivity index (χ1n) is 10.4. The van der Waals surface area contributed by atoms with Crippen LogP contribution in [0.1, 0.15) is 12.7 Å². The first kappa shape index (κ1) is 21.2. The topological polar surface area (TPSA) is 74.6 Å². The number of hydrogen-bond acceptors (Lipinski definition) is 5. The molecule has 4 aromatic rings. The van der Waals surface area contributed by atoms with Gasteiger partial charge in [0.1, 0.15) is 24.7 Å². The fourth-order valence-electron chi connectivity index (χ4n) is 3.44. The average Bonchev–Trinajstić information content (AvgIpc) is 3.16. The molecule has 1 N–H and O–H groups in total. The first-order valence-corrected chi connectivity index (χ1v) is 10.4. The van der Waals surface area contributed by atoms with E-state index in [4.69, 9.17) is 14.2 Å². The number of imidazole rings is 1.